The van der Waals surface area contributed by atoms with E-state index in [2.05, 4.69) is 16.6 Å². The SMILES string of the molecule is CC[C@H]1C[C@@H](O)CC2(CCN(Cc3ccc(OC(F)F)cc3)CC2)O1. The third kappa shape index (κ3) is 4.90. The van der Waals surface area contributed by atoms with E-state index in [1.165, 1.54) is 0 Å². The Kier molecular flexibility index (Phi) is 5.92. The number of aliphatic hydroxyl groups is 1. The summed E-state index contributed by atoms with van der Waals surface area (Å²) in [6.07, 6.45) is 4.17. The summed E-state index contributed by atoms with van der Waals surface area (Å²) in [6, 6.07) is 6.82. The molecule has 2 heterocycles. The number of ether oxygens (including phenoxy) is 2. The summed E-state index contributed by atoms with van der Waals surface area (Å²) in [5.74, 6) is 0.187. The molecule has 0 aliphatic carbocycles. The van der Waals surface area contributed by atoms with Gasteiger partial charge in [-0.1, -0.05) is 19.1 Å². The highest BCUT2D eigenvalue weighted by molar-refractivity contribution is 5.27. The van der Waals surface area contributed by atoms with Gasteiger partial charge in [-0.2, -0.15) is 8.78 Å². The van der Waals surface area contributed by atoms with Crippen LogP contribution in [0.5, 0.6) is 5.75 Å². The maximum atomic E-state index is 12.2. The predicted octanol–water partition coefficient (Wildman–Crippen LogP) is 3.57. The van der Waals surface area contributed by atoms with E-state index in [1.54, 1.807) is 12.1 Å². The van der Waals surface area contributed by atoms with Gasteiger partial charge in [-0.15, -0.1) is 0 Å². The van der Waals surface area contributed by atoms with Crippen molar-refractivity contribution in [1.82, 2.24) is 4.90 Å². The molecule has 1 N–H and O–H groups in total. The molecule has 0 aromatic heterocycles. The van der Waals surface area contributed by atoms with Crippen LogP contribution in [0.1, 0.15) is 44.6 Å². The number of halogens is 2. The summed E-state index contributed by atoms with van der Waals surface area (Å²) < 4.78 is 35.1. The van der Waals surface area contributed by atoms with Crippen molar-refractivity contribution in [1.29, 1.82) is 0 Å². The average molecular weight is 355 g/mol. The fourth-order valence-corrected chi connectivity index (χ4v) is 3.99. The Morgan fingerprint density at radius 2 is 1.96 bits per heavy atom. The summed E-state index contributed by atoms with van der Waals surface area (Å²) in [5, 5.41) is 10.2. The van der Waals surface area contributed by atoms with Crippen LogP contribution in [0, 0.1) is 0 Å². The third-order valence-electron chi connectivity index (χ3n) is 5.34. The Morgan fingerprint density at radius 1 is 1.28 bits per heavy atom. The lowest BCUT2D eigenvalue weighted by Crippen LogP contribution is -2.52. The standard InChI is InChI=1S/C19H27F2NO3/c1-2-16-11-15(23)12-19(25-16)7-9-22(10-8-19)13-14-3-5-17(6-4-14)24-18(20)21/h3-6,15-16,18,23H,2,7-13H2,1H3/t15-,16+/m1/s1. The van der Waals surface area contributed by atoms with Crippen LogP contribution >= 0.6 is 0 Å². The van der Waals surface area contributed by atoms with Crippen LogP contribution < -0.4 is 4.74 Å². The molecule has 6 heteroatoms. The Labute approximate surface area is 147 Å². The van der Waals surface area contributed by atoms with Gasteiger partial charge in [0.1, 0.15) is 5.75 Å². The van der Waals surface area contributed by atoms with Crippen LogP contribution in [0.3, 0.4) is 0 Å². The van der Waals surface area contributed by atoms with Crippen molar-refractivity contribution in [2.45, 2.75) is 70.0 Å². The van der Waals surface area contributed by atoms with Crippen LogP contribution in [0.2, 0.25) is 0 Å². The molecule has 140 valence electrons. The molecule has 0 amide bonds. The highest BCUT2D eigenvalue weighted by Crippen LogP contribution is 2.38. The summed E-state index contributed by atoms with van der Waals surface area (Å²) >= 11 is 0. The van der Waals surface area contributed by atoms with E-state index in [4.69, 9.17) is 4.74 Å². The number of piperidine rings is 1. The van der Waals surface area contributed by atoms with Crippen LogP contribution in [-0.4, -0.2) is 47.5 Å². The van der Waals surface area contributed by atoms with Crippen molar-refractivity contribution < 1.29 is 23.4 Å². The molecular formula is C19H27F2NO3. The molecule has 2 saturated heterocycles. The Morgan fingerprint density at radius 3 is 2.56 bits per heavy atom. The molecule has 2 fully saturated rings. The molecule has 1 aromatic rings. The molecule has 2 atom stereocenters. The number of hydrogen-bond acceptors (Lipinski definition) is 4. The number of aliphatic hydroxyl groups excluding tert-OH is 1. The number of benzene rings is 1. The molecule has 0 unspecified atom stereocenters. The largest absolute Gasteiger partial charge is 0.435 e. The predicted molar refractivity (Wildman–Crippen MR) is 90.7 cm³/mol. The van der Waals surface area contributed by atoms with Crippen molar-refractivity contribution in [2.75, 3.05) is 13.1 Å². The number of hydrogen-bond donors (Lipinski definition) is 1. The monoisotopic (exact) mass is 355 g/mol. The Balaban J connectivity index is 1.52. The van der Waals surface area contributed by atoms with E-state index in [1.807, 2.05) is 12.1 Å². The summed E-state index contributed by atoms with van der Waals surface area (Å²) in [6.45, 7) is 1.93. The lowest BCUT2D eigenvalue weighted by molar-refractivity contribution is -0.182. The zero-order valence-electron chi connectivity index (χ0n) is 14.7. The molecule has 4 nitrogen and oxygen atoms in total. The number of rotatable bonds is 5. The third-order valence-corrected chi connectivity index (χ3v) is 5.34. The second-order valence-electron chi connectivity index (χ2n) is 7.22. The van der Waals surface area contributed by atoms with Gasteiger partial charge in [0.2, 0.25) is 0 Å². The number of nitrogens with zero attached hydrogens (tertiary/aromatic N) is 1. The molecule has 0 saturated carbocycles. The van der Waals surface area contributed by atoms with Gasteiger partial charge in [0.05, 0.1) is 17.8 Å². The normalized spacial score (nSPS) is 26.9. The topological polar surface area (TPSA) is 41.9 Å². The molecule has 2 aliphatic rings. The first-order chi connectivity index (χ1) is 12.0. The molecule has 0 radical (unpaired) electrons. The Bertz CT molecular complexity index is 544. The first-order valence-electron chi connectivity index (χ1n) is 9.10. The molecule has 1 aromatic carbocycles. The number of alkyl halides is 2. The van der Waals surface area contributed by atoms with Gasteiger partial charge in [0.25, 0.3) is 0 Å². The van der Waals surface area contributed by atoms with Gasteiger partial charge >= 0.3 is 6.61 Å². The fraction of sp³-hybridized carbons (Fsp3) is 0.684. The van der Waals surface area contributed by atoms with Crippen molar-refractivity contribution in [2.24, 2.45) is 0 Å². The average Bonchev–Trinajstić information content (AvgIpc) is 2.58. The highest BCUT2D eigenvalue weighted by atomic mass is 19.3. The Hall–Kier alpha value is -1.24. The van der Waals surface area contributed by atoms with E-state index in [0.717, 1.165) is 57.3 Å². The fourth-order valence-electron chi connectivity index (χ4n) is 3.99. The minimum atomic E-state index is -2.79. The van der Waals surface area contributed by atoms with Crippen molar-refractivity contribution in [3.05, 3.63) is 29.8 Å². The minimum Gasteiger partial charge on any atom is -0.435 e. The number of likely N-dealkylation sites (tertiary alicyclic amines) is 1. The summed E-state index contributed by atoms with van der Waals surface area (Å²) in [7, 11) is 0. The van der Waals surface area contributed by atoms with Gasteiger partial charge < -0.3 is 14.6 Å². The second-order valence-corrected chi connectivity index (χ2v) is 7.22. The van der Waals surface area contributed by atoms with Crippen LogP contribution in [0.25, 0.3) is 0 Å². The molecule has 1 spiro atoms. The van der Waals surface area contributed by atoms with Gasteiger partial charge in [-0.25, -0.2) is 0 Å². The van der Waals surface area contributed by atoms with Gasteiger partial charge in [-0.3, -0.25) is 4.90 Å². The summed E-state index contributed by atoms with van der Waals surface area (Å²) in [5.41, 5.74) is 0.901. The van der Waals surface area contributed by atoms with E-state index < -0.39 is 6.61 Å². The van der Waals surface area contributed by atoms with E-state index >= 15 is 0 Å². The van der Waals surface area contributed by atoms with Gasteiger partial charge in [0, 0.05) is 26.1 Å². The van der Waals surface area contributed by atoms with Gasteiger partial charge in [0.15, 0.2) is 0 Å². The van der Waals surface area contributed by atoms with E-state index in [9.17, 15) is 13.9 Å². The molecular weight excluding hydrogens is 328 g/mol. The smallest absolute Gasteiger partial charge is 0.387 e. The quantitative estimate of drug-likeness (QED) is 0.877. The molecule has 2 aliphatic heterocycles. The lowest BCUT2D eigenvalue weighted by Gasteiger charge is -2.48. The van der Waals surface area contributed by atoms with Crippen LogP contribution in [0.15, 0.2) is 24.3 Å². The summed E-state index contributed by atoms with van der Waals surface area (Å²) in [4.78, 5) is 2.35. The molecule has 25 heavy (non-hydrogen) atoms. The maximum Gasteiger partial charge on any atom is 0.387 e. The zero-order valence-corrected chi connectivity index (χ0v) is 14.7. The highest BCUT2D eigenvalue weighted by Gasteiger charge is 2.42. The zero-order chi connectivity index (χ0) is 17.9. The van der Waals surface area contributed by atoms with Crippen molar-refractivity contribution in [3.8, 4) is 5.75 Å². The lowest BCUT2D eigenvalue weighted by atomic mass is 9.81. The van der Waals surface area contributed by atoms with Gasteiger partial charge in [-0.05, 0) is 43.4 Å². The van der Waals surface area contributed by atoms with E-state index in [-0.39, 0.29) is 23.6 Å². The maximum absolute atomic E-state index is 12.2. The van der Waals surface area contributed by atoms with Crippen molar-refractivity contribution >= 4 is 0 Å². The molecule has 3 rings (SSSR count). The van der Waals surface area contributed by atoms with Crippen LogP contribution in [0.4, 0.5) is 8.78 Å². The first kappa shape index (κ1) is 18.5. The molecule has 0 bridgehead atoms. The second kappa shape index (κ2) is 7.98. The first-order valence-corrected chi connectivity index (χ1v) is 9.10. The van der Waals surface area contributed by atoms with Crippen molar-refractivity contribution in [3.63, 3.8) is 0 Å². The van der Waals surface area contributed by atoms with E-state index in [0.29, 0.717) is 0 Å². The minimum absolute atomic E-state index is 0.165. The van der Waals surface area contributed by atoms with Crippen LogP contribution in [-0.2, 0) is 11.3 Å².